The normalized spacial score (nSPS) is 11.7. The van der Waals surface area contributed by atoms with Gasteiger partial charge in [0.1, 0.15) is 11.2 Å². The maximum Gasteiger partial charge on any atom is 0.143 e. The zero-order valence-corrected chi connectivity index (χ0v) is 23.1. The monoisotopic (exact) mass is 524 g/mol. The van der Waals surface area contributed by atoms with Crippen LogP contribution in [0, 0.1) is 13.8 Å². The molecule has 194 valence electrons. The summed E-state index contributed by atoms with van der Waals surface area (Å²) in [6, 6.07) is 48.4. The molecule has 0 saturated carbocycles. The van der Waals surface area contributed by atoms with Gasteiger partial charge < -0.3 is 4.42 Å². The van der Waals surface area contributed by atoms with Gasteiger partial charge in [-0.2, -0.15) is 0 Å². The van der Waals surface area contributed by atoms with Gasteiger partial charge in [-0.3, -0.25) is 0 Å². The lowest BCUT2D eigenvalue weighted by molar-refractivity contribution is 0.670. The number of fused-ring (bicyclic) bond motifs is 6. The molecule has 0 unspecified atom stereocenters. The van der Waals surface area contributed by atoms with Gasteiger partial charge in [-0.05, 0) is 111 Å². The molecule has 7 aromatic carbocycles. The fourth-order valence-electron chi connectivity index (χ4n) is 6.38. The third-order valence-electron chi connectivity index (χ3n) is 8.32. The molecule has 8 rings (SSSR count). The molecule has 0 bridgehead atoms. The highest BCUT2D eigenvalue weighted by Gasteiger charge is 2.15. The first-order valence-corrected chi connectivity index (χ1v) is 14.2. The minimum Gasteiger partial charge on any atom is -0.455 e. The van der Waals surface area contributed by atoms with Crippen LogP contribution in [0.3, 0.4) is 0 Å². The highest BCUT2D eigenvalue weighted by molar-refractivity contribution is 6.14. The largest absolute Gasteiger partial charge is 0.455 e. The van der Waals surface area contributed by atoms with E-state index in [0.29, 0.717) is 0 Å². The van der Waals surface area contributed by atoms with E-state index in [9.17, 15) is 0 Å². The Bertz CT molecular complexity index is 2280. The van der Waals surface area contributed by atoms with Crippen molar-refractivity contribution in [3.05, 3.63) is 145 Å². The van der Waals surface area contributed by atoms with Gasteiger partial charge in [-0.1, -0.05) is 96.6 Å². The SMILES string of the molecule is Cc1ccc2oc3c(-c4cccc(-c5cccc(-c6cc7ccccc7c7ccccc67)c5)c4)cc(C)cc3c2c1. The summed E-state index contributed by atoms with van der Waals surface area (Å²) in [5.74, 6) is 0. The first kappa shape index (κ1) is 23.7. The summed E-state index contributed by atoms with van der Waals surface area (Å²) in [5.41, 5.74) is 11.5. The zero-order chi connectivity index (χ0) is 27.5. The number of rotatable bonds is 3. The van der Waals surface area contributed by atoms with E-state index >= 15 is 0 Å². The molecule has 41 heavy (non-hydrogen) atoms. The summed E-state index contributed by atoms with van der Waals surface area (Å²) < 4.78 is 6.45. The molecule has 0 fully saturated rings. The van der Waals surface area contributed by atoms with Crippen molar-refractivity contribution in [3.63, 3.8) is 0 Å². The van der Waals surface area contributed by atoms with E-state index in [0.717, 1.165) is 22.3 Å². The van der Waals surface area contributed by atoms with Crippen LogP contribution in [0.4, 0.5) is 0 Å². The highest BCUT2D eigenvalue weighted by atomic mass is 16.3. The average Bonchev–Trinajstić information content (AvgIpc) is 3.38. The number of furan rings is 1. The first-order valence-electron chi connectivity index (χ1n) is 14.2. The van der Waals surface area contributed by atoms with Crippen LogP contribution in [0.1, 0.15) is 11.1 Å². The van der Waals surface area contributed by atoms with Crippen molar-refractivity contribution >= 4 is 43.5 Å². The summed E-state index contributed by atoms with van der Waals surface area (Å²) in [5, 5.41) is 7.47. The molecule has 0 aliphatic carbocycles. The lowest BCUT2D eigenvalue weighted by atomic mass is 9.91. The summed E-state index contributed by atoms with van der Waals surface area (Å²) in [4.78, 5) is 0. The van der Waals surface area contributed by atoms with Gasteiger partial charge in [0.05, 0.1) is 0 Å². The maximum atomic E-state index is 6.45. The van der Waals surface area contributed by atoms with Crippen LogP contribution >= 0.6 is 0 Å². The molecule has 1 aromatic heterocycles. The van der Waals surface area contributed by atoms with Crippen molar-refractivity contribution in [1.82, 2.24) is 0 Å². The predicted octanol–water partition coefficient (Wildman–Crippen LogP) is 11.5. The molecule has 0 saturated heterocycles. The second-order valence-electron chi connectivity index (χ2n) is 11.1. The van der Waals surface area contributed by atoms with E-state index in [1.807, 2.05) is 0 Å². The molecule has 8 aromatic rings. The summed E-state index contributed by atoms with van der Waals surface area (Å²) in [7, 11) is 0. The molecule has 0 aliphatic heterocycles. The maximum absolute atomic E-state index is 6.45. The van der Waals surface area contributed by atoms with Gasteiger partial charge in [0, 0.05) is 16.3 Å². The topological polar surface area (TPSA) is 13.1 Å². The van der Waals surface area contributed by atoms with Crippen LogP contribution in [0.2, 0.25) is 0 Å². The van der Waals surface area contributed by atoms with Crippen molar-refractivity contribution in [2.45, 2.75) is 13.8 Å². The van der Waals surface area contributed by atoms with Crippen LogP contribution in [0.5, 0.6) is 0 Å². The Morgan fingerprint density at radius 1 is 0.390 bits per heavy atom. The lowest BCUT2D eigenvalue weighted by Gasteiger charge is -2.13. The van der Waals surface area contributed by atoms with E-state index in [4.69, 9.17) is 4.42 Å². The summed E-state index contributed by atoms with van der Waals surface area (Å²) >= 11 is 0. The minimum absolute atomic E-state index is 0.934. The minimum atomic E-state index is 0.934. The van der Waals surface area contributed by atoms with Gasteiger partial charge in [0.2, 0.25) is 0 Å². The summed E-state index contributed by atoms with van der Waals surface area (Å²) in [6.45, 7) is 4.30. The third-order valence-corrected chi connectivity index (χ3v) is 8.32. The lowest BCUT2D eigenvalue weighted by Crippen LogP contribution is -1.87. The van der Waals surface area contributed by atoms with E-state index in [2.05, 4.69) is 147 Å². The molecular weight excluding hydrogens is 496 g/mol. The molecule has 0 N–H and O–H groups in total. The molecule has 0 amide bonds. The van der Waals surface area contributed by atoms with Crippen molar-refractivity contribution in [3.8, 4) is 33.4 Å². The van der Waals surface area contributed by atoms with Gasteiger partial charge in [-0.15, -0.1) is 0 Å². The molecule has 0 aliphatic rings. The van der Waals surface area contributed by atoms with Crippen molar-refractivity contribution in [1.29, 1.82) is 0 Å². The molecule has 1 nitrogen and oxygen atoms in total. The van der Waals surface area contributed by atoms with Crippen molar-refractivity contribution in [2.24, 2.45) is 0 Å². The average molecular weight is 525 g/mol. The van der Waals surface area contributed by atoms with E-state index in [1.165, 1.54) is 65.7 Å². The molecule has 1 heteroatoms. The molecular formula is C40H28O. The van der Waals surface area contributed by atoms with Crippen LogP contribution in [-0.2, 0) is 0 Å². The molecule has 0 spiro atoms. The summed E-state index contributed by atoms with van der Waals surface area (Å²) in [6.07, 6.45) is 0. The standard InChI is InChI=1S/C40H28O/c1-25-17-18-39-37(19-25)38-21-26(2)20-36(40(38)41-39)30-13-8-11-28(23-30)27-10-7-12-29(22-27)35-24-31-9-3-4-14-32(31)33-15-5-6-16-34(33)35/h3-24H,1-2H3. The van der Waals surface area contributed by atoms with Crippen LogP contribution in [0.15, 0.2) is 138 Å². The fourth-order valence-corrected chi connectivity index (χ4v) is 6.38. The zero-order valence-electron chi connectivity index (χ0n) is 23.1. The van der Waals surface area contributed by atoms with Crippen molar-refractivity contribution < 1.29 is 4.42 Å². The van der Waals surface area contributed by atoms with Gasteiger partial charge in [0.15, 0.2) is 0 Å². The Morgan fingerprint density at radius 3 is 1.80 bits per heavy atom. The Morgan fingerprint density at radius 2 is 1.02 bits per heavy atom. The predicted molar refractivity (Wildman–Crippen MR) is 175 cm³/mol. The second-order valence-corrected chi connectivity index (χ2v) is 11.1. The van der Waals surface area contributed by atoms with E-state index in [1.54, 1.807) is 0 Å². The number of hydrogen-bond donors (Lipinski definition) is 0. The first-order chi connectivity index (χ1) is 20.1. The van der Waals surface area contributed by atoms with Gasteiger partial charge in [0.25, 0.3) is 0 Å². The second kappa shape index (κ2) is 9.21. The van der Waals surface area contributed by atoms with E-state index in [-0.39, 0.29) is 0 Å². The Balaban J connectivity index is 1.28. The molecule has 1 heterocycles. The van der Waals surface area contributed by atoms with Crippen molar-refractivity contribution in [2.75, 3.05) is 0 Å². The van der Waals surface area contributed by atoms with Crippen LogP contribution < -0.4 is 0 Å². The van der Waals surface area contributed by atoms with Gasteiger partial charge >= 0.3 is 0 Å². The molecule has 0 radical (unpaired) electrons. The fraction of sp³-hybridized carbons (Fsp3) is 0.0500. The van der Waals surface area contributed by atoms with E-state index < -0.39 is 0 Å². The van der Waals surface area contributed by atoms with Gasteiger partial charge in [-0.25, -0.2) is 0 Å². The molecule has 0 atom stereocenters. The highest BCUT2D eigenvalue weighted by Crippen LogP contribution is 2.40. The van der Waals surface area contributed by atoms with Crippen LogP contribution in [-0.4, -0.2) is 0 Å². The smallest absolute Gasteiger partial charge is 0.143 e. The quantitative estimate of drug-likeness (QED) is 0.210. The Labute approximate surface area is 239 Å². The number of aryl methyl sites for hydroxylation is 2. The Kier molecular flexibility index (Phi) is 5.33. The van der Waals surface area contributed by atoms with Crippen LogP contribution in [0.25, 0.3) is 76.9 Å². The Hall–Kier alpha value is -5.14. The number of benzene rings is 7. The number of hydrogen-bond acceptors (Lipinski definition) is 1. The third kappa shape index (κ3) is 3.93.